The molecule has 2 N–H and O–H groups in total. The molecule has 4 heteroatoms. The summed E-state index contributed by atoms with van der Waals surface area (Å²) in [5.41, 5.74) is 7.36. The molecule has 20 heavy (non-hydrogen) atoms. The predicted octanol–water partition coefficient (Wildman–Crippen LogP) is 2.44. The van der Waals surface area contributed by atoms with Crippen molar-refractivity contribution in [1.29, 1.82) is 0 Å². The molecule has 1 aromatic carbocycles. The minimum Gasteiger partial charge on any atom is -0.342 e. The lowest BCUT2D eigenvalue weighted by atomic mass is 9.91. The molecule has 1 saturated heterocycles. The molecule has 2 atom stereocenters. The molecule has 0 bridgehead atoms. The first-order chi connectivity index (χ1) is 9.79. The van der Waals surface area contributed by atoms with Crippen LogP contribution in [0.2, 0.25) is 0 Å². The Morgan fingerprint density at radius 1 is 1.30 bits per heavy atom. The Labute approximate surface area is 120 Å². The minimum absolute atomic E-state index is 0.330. The number of imidazole rings is 1. The molecule has 2 aromatic rings. The molecule has 3 rings (SSSR count). The largest absolute Gasteiger partial charge is 0.342 e. The number of aromatic nitrogens is 2. The summed E-state index contributed by atoms with van der Waals surface area (Å²) in [6.07, 6.45) is 6.07. The van der Waals surface area contributed by atoms with Gasteiger partial charge in [0.05, 0.1) is 0 Å². The molecule has 1 fully saturated rings. The quantitative estimate of drug-likeness (QED) is 0.932. The molecule has 0 spiro atoms. The molecule has 1 aliphatic rings. The van der Waals surface area contributed by atoms with Gasteiger partial charge in [0.2, 0.25) is 5.95 Å². The van der Waals surface area contributed by atoms with Crippen molar-refractivity contribution in [3.05, 3.63) is 42.7 Å². The Morgan fingerprint density at radius 3 is 2.85 bits per heavy atom. The minimum atomic E-state index is 0.330. The highest BCUT2D eigenvalue weighted by Crippen LogP contribution is 2.25. The third-order valence-corrected chi connectivity index (χ3v) is 4.26. The van der Waals surface area contributed by atoms with E-state index in [1.165, 1.54) is 0 Å². The van der Waals surface area contributed by atoms with Crippen LogP contribution in [0, 0.1) is 5.92 Å². The first-order valence-electron chi connectivity index (χ1n) is 7.39. The highest BCUT2D eigenvalue weighted by molar-refractivity contribution is 5.44. The summed E-state index contributed by atoms with van der Waals surface area (Å²) in [5.74, 6) is 1.59. The van der Waals surface area contributed by atoms with Crippen LogP contribution in [0.3, 0.4) is 0 Å². The number of rotatable bonds is 3. The van der Waals surface area contributed by atoms with E-state index >= 15 is 0 Å². The third-order valence-electron chi connectivity index (χ3n) is 4.26. The second-order valence-corrected chi connectivity index (χ2v) is 5.50. The van der Waals surface area contributed by atoms with Crippen molar-refractivity contribution in [3.63, 3.8) is 0 Å². The van der Waals surface area contributed by atoms with Crippen molar-refractivity contribution >= 4 is 5.95 Å². The van der Waals surface area contributed by atoms with E-state index in [1.54, 1.807) is 0 Å². The topological polar surface area (TPSA) is 47.1 Å². The second kappa shape index (κ2) is 5.67. The maximum atomic E-state index is 6.20. The van der Waals surface area contributed by atoms with E-state index in [4.69, 9.17) is 5.73 Å². The highest BCUT2D eigenvalue weighted by Gasteiger charge is 2.27. The van der Waals surface area contributed by atoms with Gasteiger partial charge in [-0.1, -0.05) is 31.5 Å². The number of hydrogen-bond acceptors (Lipinski definition) is 3. The number of hydrogen-bond donors (Lipinski definition) is 1. The van der Waals surface area contributed by atoms with E-state index in [0.29, 0.717) is 12.0 Å². The highest BCUT2D eigenvalue weighted by atomic mass is 15.3. The number of piperidine rings is 1. The number of nitrogens with zero attached hydrogens (tertiary/aromatic N) is 3. The van der Waals surface area contributed by atoms with Gasteiger partial charge in [-0.25, -0.2) is 4.98 Å². The van der Waals surface area contributed by atoms with Crippen LogP contribution in [0.15, 0.2) is 42.7 Å². The van der Waals surface area contributed by atoms with Crippen LogP contribution < -0.4 is 10.6 Å². The predicted molar refractivity (Wildman–Crippen MR) is 82.2 cm³/mol. The Balaban J connectivity index is 1.87. The van der Waals surface area contributed by atoms with Crippen LogP contribution in [0.25, 0.3) is 5.69 Å². The maximum absolute atomic E-state index is 6.20. The van der Waals surface area contributed by atoms with E-state index in [1.807, 2.05) is 18.5 Å². The fourth-order valence-electron chi connectivity index (χ4n) is 2.98. The van der Waals surface area contributed by atoms with Crippen molar-refractivity contribution in [2.45, 2.75) is 25.8 Å². The van der Waals surface area contributed by atoms with E-state index in [9.17, 15) is 0 Å². The van der Waals surface area contributed by atoms with Gasteiger partial charge in [0.1, 0.15) is 0 Å². The molecule has 0 radical (unpaired) electrons. The lowest BCUT2D eigenvalue weighted by molar-refractivity contribution is 0.345. The summed E-state index contributed by atoms with van der Waals surface area (Å²) in [4.78, 5) is 6.92. The molecule has 0 amide bonds. The average molecular weight is 270 g/mol. The molecule has 0 aliphatic carbocycles. The Hall–Kier alpha value is -1.81. The van der Waals surface area contributed by atoms with Gasteiger partial charge in [0.25, 0.3) is 0 Å². The molecular weight excluding hydrogens is 248 g/mol. The summed E-state index contributed by atoms with van der Waals surface area (Å²) in [6, 6.07) is 10.7. The van der Waals surface area contributed by atoms with Crippen molar-refractivity contribution in [2.75, 3.05) is 18.0 Å². The number of para-hydroxylation sites is 1. The number of nitrogens with two attached hydrogens (primary N) is 1. The summed E-state index contributed by atoms with van der Waals surface area (Å²) in [6.45, 7) is 4.21. The smallest absolute Gasteiger partial charge is 0.210 e. The van der Waals surface area contributed by atoms with Crippen LogP contribution in [0.5, 0.6) is 0 Å². The third kappa shape index (κ3) is 2.43. The lowest BCUT2D eigenvalue weighted by Gasteiger charge is -2.37. The van der Waals surface area contributed by atoms with Crippen molar-refractivity contribution in [2.24, 2.45) is 11.7 Å². The van der Waals surface area contributed by atoms with Gasteiger partial charge in [-0.05, 0) is 24.5 Å². The molecular formula is C16H22N4. The Morgan fingerprint density at radius 2 is 2.10 bits per heavy atom. The number of benzene rings is 1. The average Bonchev–Trinajstić information content (AvgIpc) is 2.98. The van der Waals surface area contributed by atoms with Gasteiger partial charge in [-0.2, -0.15) is 0 Å². The van der Waals surface area contributed by atoms with Gasteiger partial charge in [0.15, 0.2) is 0 Å². The van der Waals surface area contributed by atoms with E-state index < -0.39 is 0 Å². The summed E-state index contributed by atoms with van der Waals surface area (Å²) < 4.78 is 2.16. The fraction of sp³-hybridized carbons (Fsp3) is 0.438. The van der Waals surface area contributed by atoms with E-state index in [-0.39, 0.29) is 0 Å². The molecule has 0 saturated carbocycles. The monoisotopic (exact) mass is 270 g/mol. The zero-order valence-electron chi connectivity index (χ0n) is 11.9. The zero-order valence-corrected chi connectivity index (χ0v) is 11.9. The van der Waals surface area contributed by atoms with Crippen LogP contribution in [-0.2, 0) is 0 Å². The second-order valence-electron chi connectivity index (χ2n) is 5.50. The van der Waals surface area contributed by atoms with Crippen LogP contribution in [-0.4, -0.2) is 28.7 Å². The van der Waals surface area contributed by atoms with Gasteiger partial charge in [-0.3, -0.25) is 4.57 Å². The number of anilines is 1. The zero-order chi connectivity index (χ0) is 13.9. The van der Waals surface area contributed by atoms with E-state index in [2.05, 4.69) is 45.6 Å². The molecule has 1 aromatic heterocycles. The van der Waals surface area contributed by atoms with Gasteiger partial charge in [0, 0.05) is 37.2 Å². The lowest BCUT2D eigenvalue weighted by Crippen LogP contribution is -2.47. The molecule has 1 aliphatic heterocycles. The van der Waals surface area contributed by atoms with Gasteiger partial charge in [-0.15, -0.1) is 0 Å². The van der Waals surface area contributed by atoms with Crippen LogP contribution in [0.1, 0.15) is 19.8 Å². The molecule has 2 heterocycles. The van der Waals surface area contributed by atoms with Crippen LogP contribution in [0.4, 0.5) is 5.95 Å². The first kappa shape index (κ1) is 13.2. The molecule has 2 unspecified atom stereocenters. The van der Waals surface area contributed by atoms with Gasteiger partial charge >= 0.3 is 0 Å². The van der Waals surface area contributed by atoms with Crippen molar-refractivity contribution in [1.82, 2.24) is 9.55 Å². The standard InChI is InChI=1S/C16H22N4/c1-2-13-12-19(10-8-15(13)17)16-18-9-11-20(16)14-6-4-3-5-7-14/h3-7,9,11,13,15H,2,8,10,12,17H2,1H3. The van der Waals surface area contributed by atoms with Crippen molar-refractivity contribution in [3.8, 4) is 5.69 Å². The SMILES string of the molecule is CCC1CN(c2nccn2-c2ccccc2)CCC1N. The summed E-state index contributed by atoms with van der Waals surface area (Å²) in [7, 11) is 0. The van der Waals surface area contributed by atoms with E-state index in [0.717, 1.165) is 37.6 Å². The van der Waals surface area contributed by atoms with Crippen molar-refractivity contribution < 1.29 is 0 Å². The normalized spacial score (nSPS) is 23.0. The molecule has 4 nitrogen and oxygen atoms in total. The summed E-state index contributed by atoms with van der Waals surface area (Å²) in [5, 5.41) is 0. The summed E-state index contributed by atoms with van der Waals surface area (Å²) >= 11 is 0. The Kier molecular flexibility index (Phi) is 3.74. The first-order valence-corrected chi connectivity index (χ1v) is 7.39. The maximum Gasteiger partial charge on any atom is 0.210 e. The van der Waals surface area contributed by atoms with Crippen LogP contribution >= 0.6 is 0 Å². The fourth-order valence-corrected chi connectivity index (χ4v) is 2.98. The van der Waals surface area contributed by atoms with Gasteiger partial charge < -0.3 is 10.6 Å². The molecule has 106 valence electrons. The Bertz CT molecular complexity index is 549.